The summed E-state index contributed by atoms with van der Waals surface area (Å²) in [4.78, 5) is 12.0. The molecule has 3 nitrogen and oxygen atoms in total. The highest BCUT2D eigenvalue weighted by molar-refractivity contribution is 8.00. The van der Waals surface area contributed by atoms with E-state index in [1.165, 1.54) is 0 Å². The molecule has 1 aliphatic heterocycles. The Morgan fingerprint density at radius 1 is 1.50 bits per heavy atom. The van der Waals surface area contributed by atoms with E-state index in [0.717, 1.165) is 10.6 Å². The molecule has 0 amide bonds. The van der Waals surface area contributed by atoms with Gasteiger partial charge in [0.15, 0.2) is 4.93 Å². The van der Waals surface area contributed by atoms with Crippen LogP contribution in [-0.2, 0) is 9.53 Å². The first kappa shape index (κ1) is 11.3. The minimum atomic E-state index is -0.532. The van der Waals surface area contributed by atoms with E-state index in [0.29, 0.717) is 6.61 Å². The number of benzene rings is 1. The van der Waals surface area contributed by atoms with Crippen molar-refractivity contribution in [2.24, 2.45) is 0 Å². The number of hydrogen-bond donors (Lipinski definition) is 0. The van der Waals surface area contributed by atoms with Gasteiger partial charge in [-0.05, 0) is 26.0 Å². The topological polar surface area (TPSA) is 35.5 Å². The molecule has 0 spiro atoms. The van der Waals surface area contributed by atoms with Crippen molar-refractivity contribution < 1.29 is 14.3 Å². The Bertz CT molecular complexity index is 378. The molecule has 1 aromatic carbocycles. The summed E-state index contributed by atoms with van der Waals surface area (Å²) in [6.07, 6.45) is 0.264. The number of thioether (sulfide) groups is 1. The summed E-state index contributed by atoms with van der Waals surface area (Å²) >= 11 is 1.57. The number of para-hydroxylation sites is 1. The van der Waals surface area contributed by atoms with Crippen LogP contribution in [0, 0.1) is 0 Å². The van der Waals surface area contributed by atoms with Crippen LogP contribution in [0.3, 0.4) is 0 Å². The molecule has 0 aliphatic carbocycles. The molecule has 0 saturated heterocycles. The largest absolute Gasteiger partial charge is 0.475 e. The third kappa shape index (κ3) is 2.32. The van der Waals surface area contributed by atoms with Gasteiger partial charge in [-0.3, -0.25) is 4.79 Å². The van der Waals surface area contributed by atoms with Crippen LogP contribution < -0.4 is 4.74 Å². The summed E-state index contributed by atoms with van der Waals surface area (Å²) < 4.78 is 10.7. The average molecular weight is 238 g/mol. The molecule has 1 heterocycles. The van der Waals surface area contributed by atoms with Gasteiger partial charge in [0.2, 0.25) is 0 Å². The predicted octanol–water partition coefficient (Wildman–Crippen LogP) is 2.84. The molecule has 86 valence electrons. The molecule has 0 aromatic heterocycles. The van der Waals surface area contributed by atoms with Crippen LogP contribution in [0.15, 0.2) is 29.2 Å². The molecule has 0 fully saturated rings. The number of hydrogen-bond acceptors (Lipinski definition) is 4. The lowest BCUT2D eigenvalue weighted by molar-refractivity contribution is -0.145. The van der Waals surface area contributed by atoms with Crippen molar-refractivity contribution in [3.8, 4) is 5.75 Å². The third-order valence-electron chi connectivity index (χ3n) is 2.27. The van der Waals surface area contributed by atoms with E-state index in [2.05, 4.69) is 0 Å². The van der Waals surface area contributed by atoms with Crippen molar-refractivity contribution >= 4 is 17.7 Å². The number of esters is 1. The van der Waals surface area contributed by atoms with Crippen LogP contribution in [0.25, 0.3) is 0 Å². The summed E-state index contributed by atoms with van der Waals surface area (Å²) in [5.74, 6) is 0.629. The van der Waals surface area contributed by atoms with Crippen molar-refractivity contribution in [1.29, 1.82) is 0 Å². The second-order valence-corrected chi connectivity index (χ2v) is 5.27. The Labute approximate surface area is 99.1 Å². The van der Waals surface area contributed by atoms with Gasteiger partial charge in [0, 0.05) is 0 Å². The Balaban J connectivity index is 2.06. The third-order valence-corrected chi connectivity index (χ3v) is 3.49. The van der Waals surface area contributed by atoms with Gasteiger partial charge in [-0.25, -0.2) is 0 Å². The van der Waals surface area contributed by atoms with Crippen LogP contribution >= 0.6 is 11.8 Å². The van der Waals surface area contributed by atoms with E-state index < -0.39 is 4.93 Å². The van der Waals surface area contributed by atoms with E-state index in [4.69, 9.17) is 9.47 Å². The monoisotopic (exact) mass is 238 g/mol. The summed E-state index contributed by atoms with van der Waals surface area (Å²) in [6, 6.07) is 7.80. The SMILES string of the molecule is CCOC(=O)CC1(C)Oc2ccccc2S1. The van der Waals surface area contributed by atoms with Crippen molar-refractivity contribution in [1.82, 2.24) is 0 Å². The summed E-state index contributed by atoms with van der Waals surface area (Å²) in [6.45, 7) is 4.12. The number of carbonyl (C=O) groups excluding carboxylic acids is 1. The molecule has 0 N–H and O–H groups in total. The van der Waals surface area contributed by atoms with E-state index in [1.54, 1.807) is 18.7 Å². The maximum absolute atomic E-state index is 11.4. The molecule has 1 unspecified atom stereocenters. The minimum absolute atomic E-state index is 0.217. The number of carbonyl (C=O) groups is 1. The smallest absolute Gasteiger partial charge is 0.310 e. The Hall–Kier alpha value is -1.16. The van der Waals surface area contributed by atoms with Gasteiger partial charge in [0.05, 0.1) is 17.9 Å². The van der Waals surface area contributed by atoms with E-state index in [9.17, 15) is 4.79 Å². The van der Waals surface area contributed by atoms with Crippen molar-refractivity contribution in [2.75, 3.05) is 6.61 Å². The summed E-state index contributed by atoms with van der Waals surface area (Å²) in [7, 11) is 0. The van der Waals surface area contributed by atoms with E-state index in [-0.39, 0.29) is 12.4 Å². The highest BCUT2D eigenvalue weighted by atomic mass is 32.2. The highest BCUT2D eigenvalue weighted by Crippen LogP contribution is 2.48. The van der Waals surface area contributed by atoms with Crippen LogP contribution in [0.5, 0.6) is 5.75 Å². The quantitative estimate of drug-likeness (QED) is 0.759. The minimum Gasteiger partial charge on any atom is -0.475 e. The lowest BCUT2D eigenvalue weighted by Gasteiger charge is -2.21. The van der Waals surface area contributed by atoms with Crippen LogP contribution in [0.2, 0.25) is 0 Å². The number of rotatable bonds is 3. The van der Waals surface area contributed by atoms with Gasteiger partial charge in [0.25, 0.3) is 0 Å². The number of ether oxygens (including phenoxy) is 2. The zero-order valence-corrected chi connectivity index (χ0v) is 10.2. The molecule has 1 aromatic rings. The standard InChI is InChI=1S/C12H14O3S/c1-3-14-11(13)8-12(2)15-9-6-4-5-7-10(9)16-12/h4-7H,3,8H2,1-2H3. The predicted molar refractivity (Wildman–Crippen MR) is 62.6 cm³/mol. The van der Waals surface area contributed by atoms with Gasteiger partial charge in [-0.2, -0.15) is 0 Å². The maximum atomic E-state index is 11.4. The number of fused-ring (bicyclic) bond motifs is 1. The van der Waals surface area contributed by atoms with Gasteiger partial charge in [0.1, 0.15) is 5.75 Å². The van der Waals surface area contributed by atoms with Crippen LogP contribution in [0.1, 0.15) is 20.3 Å². The molecule has 0 saturated carbocycles. The fourth-order valence-electron chi connectivity index (χ4n) is 1.65. The maximum Gasteiger partial charge on any atom is 0.310 e. The van der Waals surface area contributed by atoms with Crippen molar-refractivity contribution in [2.45, 2.75) is 30.1 Å². The molecule has 4 heteroatoms. The lowest BCUT2D eigenvalue weighted by atomic mass is 10.2. The first-order chi connectivity index (χ1) is 7.63. The van der Waals surface area contributed by atoms with E-state index in [1.807, 2.05) is 31.2 Å². The van der Waals surface area contributed by atoms with Crippen LogP contribution in [-0.4, -0.2) is 17.5 Å². The van der Waals surface area contributed by atoms with Gasteiger partial charge >= 0.3 is 5.97 Å². The molecule has 1 aliphatic rings. The molecule has 0 radical (unpaired) electrons. The second kappa shape index (κ2) is 4.37. The average Bonchev–Trinajstić information content (AvgIpc) is 2.53. The zero-order chi connectivity index (χ0) is 11.6. The summed E-state index contributed by atoms with van der Waals surface area (Å²) in [5.41, 5.74) is 0. The molecular weight excluding hydrogens is 224 g/mol. The van der Waals surface area contributed by atoms with Gasteiger partial charge in [-0.15, -0.1) is 0 Å². The van der Waals surface area contributed by atoms with Crippen LogP contribution in [0.4, 0.5) is 0 Å². The fourth-order valence-corrected chi connectivity index (χ4v) is 2.79. The van der Waals surface area contributed by atoms with Crippen molar-refractivity contribution in [3.05, 3.63) is 24.3 Å². The first-order valence-electron chi connectivity index (χ1n) is 5.25. The van der Waals surface area contributed by atoms with Gasteiger partial charge in [-0.1, -0.05) is 23.9 Å². The Morgan fingerprint density at radius 2 is 2.25 bits per heavy atom. The summed E-state index contributed by atoms with van der Waals surface area (Å²) in [5, 5.41) is 0. The van der Waals surface area contributed by atoms with Crippen molar-refractivity contribution in [3.63, 3.8) is 0 Å². The van der Waals surface area contributed by atoms with E-state index >= 15 is 0 Å². The molecule has 16 heavy (non-hydrogen) atoms. The zero-order valence-electron chi connectivity index (χ0n) is 9.36. The molecule has 2 rings (SSSR count). The lowest BCUT2D eigenvalue weighted by Crippen LogP contribution is -2.28. The molecule has 0 bridgehead atoms. The second-order valence-electron chi connectivity index (χ2n) is 3.77. The first-order valence-corrected chi connectivity index (χ1v) is 6.07. The normalized spacial score (nSPS) is 22.4. The fraction of sp³-hybridized carbons (Fsp3) is 0.417. The van der Waals surface area contributed by atoms with Gasteiger partial charge < -0.3 is 9.47 Å². The molecule has 1 atom stereocenters. The Kier molecular flexibility index (Phi) is 3.10. The molecular formula is C12H14O3S. The Morgan fingerprint density at radius 3 is 2.94 bits per heavy atom. The highest BCUT2D eigenvalue weighted by Gasteiger charge is 2.38.